The van der Waals surface area contributed by atoms with Gasteiger partial charge >= 0.3 is 0 Å². The number of hydrogen-bond donors (Lipinski definition) is 1. The second-order valence-electron chi connectivity index (χ2n) is 6.42. The fourth-order valence-electron chi connectivity index (χ4n) is 3.65. The maximum absolute atomic E-state index is 10.7. The number of aliphatic hydroxyl groups is 1. The summed E-state index contributed by atoms with van der Waals surface area (Å²) < 4.78 is 0. The Labute approximate surface area is 123 Å². The molecule has 0 spiro atoms. The number of rotatable bonds is 5. The lowest BCUT2D eigenvalue weighted by molar-refractivity contribution is 0.0217. The molecule has 4 atom stereocenters. The first-order chi connectivity index (χ1) is 9.63. The van der Waals surface area contributed by atoms with E-state index in [0.29, 0.717) is 6.04 Å². The van der Waals surface area contributed by atoms with Crippen molar-refractivity contribution in [3.8, 4) is 0 Å². The molecule has 2 nitrogen and oxygen atoms in total. The van der Waals surface area contributed by atoms with Crippen LogP contribution in [0.3, 0.4) is 0 Å². The molecule has 0 heterocycles. The normalized spacial score (nSPS) is 26.4. The summed E-state index contributed by atoms with van der Waals surface area (Å²) in [6.45, 7) is 4.54. The molecule has 112 valence electrons. The molecule has 0 radical (unpaired) electrons. The molecule has 1 aromatic rings. The topological polar surface area (TPSA) is 23.5 Å². The van der Waals surface area contributed by atoms with Crippen molar-refractivity contribution in [2.75, 3.05) is 7.05 Å². The molecule has 2 rings (SSSR count). The minimum atomic E-state index is -0.386. The molecule has 0 aliphatic heterocycles. The highest BCUT2D eigenvalue weighted by Gasteiger charge is 2.30. The standard InChI is InChI=1S/C18H29NO/c1-4-17(18(20)15-10-6-5-7-11-15)19(3)16-12-8-9-14(2)13-16/h5-7,10-11,14,16-18,20H,4,8-9,12-13H2,1-3H3. The largest absolute Gasteiger partial charge is 0.387 e. The van der Waals surface area contributed by atoms with Crippen molar-refractivity contribution in [1.82, 2.24) is 4.90 Å². The van der Waals surface area contributed by atoms with Crippen LogP contribution < -0.4 is 0 Å². The molecular weight excluding hydrogens is 246 g/mol. The van der Waals surface area contributed by atoms with Gasteiger partial charge in [-0.05, 0) is 37.8 Å². The maximum atomic E-state index is 10.7. The number of aliphatic hydroxyl groups excluding tert-OH is 1. The van der Waals surface area contributed by atoms with E-state index in [-0.39, 0.29) is 12.1 Å². The van der Waals surface area contributed by atoms with Crippen molar-refractivity contribution in [3.63, 3.8) is 0 Å². The zero-order valence-electron chi connectivity index (χ0n) is 13.1. The lowest BCUT2D eigenvalue weighted by atomic mass is 9.85. The van der Waals surface area contributed by atoms with Crippen LogP contribution in [0.15, 0.2) is 30.3 Å². The first-order valence-corrected chi connectivity index (χ1v) is 8.08. The predicted octanol–water partition coefficient (Wildman–Crippen LogP) is 4.01. The zero-order chi connectivity index (χ0) is 14.5. The van der Waals surface area contributed by atoms with Crippen molar-refractivity contribution >= 4 is 0 Å². The fourth-order valence-corrected chi connectivity index (χ4v) is 3.65. The van der Waals surface area contributed by atoms with Gasteiger partial charge < -0.3 is 5.11 Å². The van der Waals surface area contributed by atoms with Gasteiger partial charge in [-0.3, -0.25) is 4.90 Å². The van der Waals surface area contributed by atoms with E-state index >= 15 is 0 Å². The average molecular weight is 275 g/mol. The number of likely N-dealkylation sites (N-methyl/N-ethyl adjacent to an activating group) is 1. The van der Waals surface area contributed by atoms with Gasteiger partial charge in [0.25, 0.3) is 0 Å². The second kappa shape index (κ2) is 7.24. The first-order valence-electron chi connectivity index (χ1n) is 8.08. The van der Waals surface area contributed by atoms with Gasteiger partial charge in [0.1, 0.15) is 0 Å². The summed E-state index contributed by atoms with van der Waals surface area (Å²) in [4.78, 5) is 2.44. The summed E-state index contributed by atoms with van der Waals surface area (Å²) in [5.41, 5.74) is 1.04. The van der Waals surface area contributed by atoms with Crippen LogP contribution in [0.2, 0.25) is 0 Å². The van der Waals surface area contributed by atoms with Crippen LogP contribution in [0.5, 0.6) is 0 Å². The molecule has 0 bridgehead atoms. The highest BCUT2D eigenvalue weighted by Crippen LogP contribution is 2.31. The van der Waals surface area contributed by atoms with E-state index in [1.165, 1.54) is 25.7 Å². The van der Waals surface area contributed by atoms with Gasteiger partial charge in [-0.15, -0.1) is 0 Å². The van der Waals surface area contributed by atoms with E-state index in [1.54, 1.807) is 0 Å². The van der Waals surface area contributed by atoms with Crippen molar-refractivity contribution in [2.24, 2.45) is 5.92 Å². The Hall–Kier alpha value is -0.860. The van der Waals surface area contributed by atoms with Crippen molar-refractivity contribution in [1.29, 1.82) is 0 Å². The first kappa shape index (κ1) is 15.5. The van der Waals surface area contributed by atoms with Crippen LogP contribution >= 0.6 is 0 Å². The van der Waals surface area contributed by atoms with Crippen LogP contribution in [0.25, 0.3) is 0 Å². The number of benzene rings is 1. The third kappa shape index (κ3) is 3.62. The molecule has 0 amide bonds. The summed E-state index contributed by atoms with van der Waals surface area (Å²) in [7, 11) is 2.20. The SMILES string of the molecule is CCC(C(O)c1ccccc1)N(C)C1CCCC(C)C1. The second-order valence-corrected chi connectivity index (χ2v) is 6.42. The smallest absolute Gasteiger partial charge is 0.0945 e. The molecule has 1 aliphatic carbocycles. The molecule has 0 saturated heterocycles. The maximum Gasteiger partial charge on any atom is 0.0945 e. The summed E-state index contributed by atoms with van der Waals surface area (Å²) in [6, 6.07) is 10.9. The van der Waals surface area contributed by atoms with E-state index in [4.69, 9.17) is 0 Å². The minimum Gasteiger partial charge on any atom is -0.387 e. The molecular formula is C18H29NO. The Balaban J connectivity index is 2.06. The van der Waals surface area contributed by atoms with Crippen molar-refractivity contribution < 1.29 is 5.11 Å². The van der Waals surface area contributed by atoms with E-state index < -0.39 is 0 Å². The van der Waals surface area contributed by atoms with Gasteiger partial charge in [-0.1, -0.05) is 57.0 Å². The molecule has 1 N–H and O–H groups in total. The Bertz CT molecular complexity index is 392. The van der Waals surface area contributed by atoms with Crippen LogP contribution in [0, 0.1) is 5.92 Å². The Morgan fingerprint density at radius 1 is 1.25 bits per heavy atom. The van der Waals surface area contributed by atoms with E-state index in [9.17, 15) is 5.11 Å². The van der Waals surface area contributed by atoms with E-state index in [0.717, 1.165) is 17.9 Å². The molecule has 4 unspecified atom stereocenters. The van der Waals surface area contributed by atoms with Crippen LogP contribution in [0.1, 0.15) is 57.6 Å². The third-order valence-electron chi connectivity index (χ3n) is 4.93. The van der Waals surface area contributed by atoms with E-state index in [1.807, 2.05) is 30.3 Å². The Kier molecular flexibility index (Phi) is 5.62. The Morgan fingerprint density at radius 3 is 2.55 bits per heavy atom. The summed E-state index contributed by atoms with van der Waals surface area (Å²) >= 11 is 0. The lowest BCUT2D eigenvalue weighted by Gasteiger charge is -2.40. The quantitative estimate of drug-likeness (QED) is 0.877. The summed E-state index contributed by atoms with van der Waals surface area (Å²) in [5, 5.41) is 10.7. The van der Waals surface area contributed by atoms with E-state index in [2.05, 4.69) is 25.8 Å². The predicted molar refractivity (Wildman–Crippen MR) is 84.7 cm³/mol. The zero-order valence-corrected chi connectivity index (χ0v) is 13.1. The van der Waals surface area contributed by atoms with Crippen LogP contribution in [-0.4, -0.2) is 29.1 Å². The molecule has 0 aromatic heterocycles. The summed E-state index contributed by atoms with van der Waals surface area (Å²) in [5.74, 6) is 0.822. The molecule has 1 saturated carbocycles. The number of hydrogen-bond acceptors (Lipinski definition) is 2. The van der Waals surface area contributed by atoms with Gasteiger partial charge in [-0.25, -0.2) is 0 Å². The third-order valence-corrected chi connectivity index (χ3v) is 4.93. The van der Waals surface area contributed by atoms with Gasteiger partial charge in [0, 0.05) is 12.1 Å². The molecule has 2 heteroatoms. The van der Waals surface area contributed by atoms with Gasteiger partial charge in [0.15, 0.2) is 0 Å². The van der Waals surface area contributed by atoms with Crippen molar-refractivity contribution in [2.45, 2.75) is 64.1 Å². The lowest BCUT2D eigenvalue weighted by Crippen LogP contribution is -2.45. The monoisotopic (exact) mass is 275 g/mol. The molecule has 1 fully saturated rings. The molecule has 1 aliphatic rings. The highest BCUT2D eigenvalue weighted by atomic mass is 16.3. The molecule has 20 heavy (non-hydrogen) atoms. The van der Waals surface area contributed by atoms with Gasteiger partial charge in [-0.2, -0.15) is 0 Å². The van der Waals surface area contributed by atoms with Crippen molar-refractivity contribution in [3.05, 3.63) is 35.9 Å². The number of nitrogens with zero attached hydrogens (tertiary/aromatic N) is 1. The van der Waals surface area contributed by atoms with Gasteiger partial charge in [0.05, 0.1) is 6.10 Å². The van der Waals surface area contributed by atoms with Crippen LogP contribution in [0.4, 0.5) is 0 Å². The minimum absolute atomic E-state index is 0.215. The summed E-state index contributed by atoms with van der Waals surface area (Å²) in [6.07, 6.45) is 5.84. The molecule has 1 aromatic carbocycles. The fraction of sp³-hybridized carbons (Fsp3) is 0.667. The highest BCUT2D eigenvalue weighted by molar-refractivity contribution is 5.19. The average Bonchev–Trinajstić information content (AvgIpc) is 2.48. The Morgan fingerprint density at radius 2 is 1.95 bits per heavy atom. The van der Waals surface area contributed by atoms with Gasteiger partial charge in [0.2, 0.25) is 0 Å². The van der Waals surface area contributed by atoms with Crippen LogP contribution in [-0.2, 0) is 0 Å².